The Labute approximate surface area is 193 Å². The number of nitrogens with zero attached hydrogens (tertiary/aromatic N) is 1. The van der Waals surface area contributed by atoms with E-state index in [2.05, 4.69) is 10.6 Å². The topological polar surface area (TPSA) is 87.5 Å². The van der Waals surface area contributed by atoms with Gasteiger partial charge in [0.1, 0.15) is 0 Å². The van der Waals surface area contributed by atoms with Gasteiger partial charge in [0.2, 0.25) is 5.91 Å². The first-order valence-corrected chi connectivity index (χ1v) is 11.2. The highest BCUT2D eigenvalue weighted by molar-refractivity contribution is 6.39. The number of likely N-dealkylation sites (tertiary alicyclic amines) is 1. The van der Waals surface area contributed by atoms with Gasteiger partial charge >= 0.3 is 6.03 Å². The van der Waals surface area contributed by atoms with Crippen LogP contribution in [0.1, 0.15) is 38.2 Å². The number of nitrogens with two attached hydrogens (primary N) is 1. The Morgan fingerprint density at radius 2 is 1.58 bits per heavy atom. The molecule has 1 fully saturated rings. The number of amides is 3. The van der Waals surface area contributed by atoms with Crippen LogP contribution in [0.25, 0.3) is 0 Å². The van der Waals surface area contributed by atoms with E-state index in [0.717, 1.165) is 18.5 Å². The summed E-state index contributed by atoms with van der Waals surface area (Å²) >= 11 is 12.3. The molecule has 0 bridgehead atoms. The van der Waals surface area contributed by atoms with Gasteiger partial charge < -0.3 is 21.3 Å². The van der Waals surface area contributed by atoms with E-state index in [4.69, 9.17) is 28.9 Å². The molecule has 4 N–H and O–H groups in total. The third-order valence-corrected chi connectivity index (χ3v) is 6.28. The highest BCUT2D eigenvalue weighted by Crippen LogP contribution is 2.32. The molecule has 3 rings (SSSR count). The number of rotatable bonds is 5. The van der Waals surface area contributed by atoms with Crippen LogP contribution in [0.15, 0.2) is 42.5 Å². The maximum absolute atomic E-state index is 12.6. The summed E-state index contributed by atoms with van der Waals surface area (Å²) in [5.41, 5.74) is 8.26. The number of halogens is 2. The number of benzene rings is 2. The molecule has 2 aromatic carbocycles. The van der Waals surface area contributed by atoms with Crippen molar-refractivity contribution < 1.29 is 9.59 Å². The second-order valence-electron chi connectivity index (χ2n) is 8.17. The van der Waals surface area contributed by atoms with Gasteiger partial charge in [0.05, 0.1) is 21.8 Å². The summed E-state index contributed by atoms with van der Waals surface area (Å²) in [4.78, 5) is 26.5. The summed E-state index contributed by atoms with van der Waals surface area (Å²) in [6.45, 7) is 5.12. The lowest BCUT2D eigenvalue weighted by atomic mass is 9.89. The summed E-state index contributed by atoms with van der Waals surface area (Å²) < 4.78 is 0. The first-order valence-electron chi connectivity index (χ1n) is 10.4. The largest absolute Gasteiger partial charge is 0.325 e. The molecule has 1 saturated heterocycles. The first-order chi connectivity index (χ1) is 14.8. The Bertz CT molecular complexity index is 905. The molecule has 8 heteroatoms. The number of carbonyl (C=O) groups is 2. The normalized spacial score (nSPS) is 15.6. The zero-order chi connectivity index (χ0) is 22.5. The van der Waals surface area contributed by atoms with Crippen LogP contribution in [-0.4, -0.2) is 36.0 Å². The molecular weight excluding hydrogens is 435 g/mol. The minimum absolute atomic E-state index is 0.0793. The van der Waals surface area contributed by atoms with Crippen LogP contribution in [-0.2, 0) is 4.79 Å². The lowest BCUT2D eigenvalue weighted by Crippen LogP contribution is -2.40. The van der Waals surface area contributed by atoms with E-state index in [0.29, 0.717) is 34.7 Å². The van der Waals surface area contributed by atoms with Crippen molar-refractivity contribution in [3.8, 4) is 0 Å². The van der Waals surface area contributed by atoms with Crippen molar-refractivity contribution in [1.82, 2.24) is 4.90 Å². The van der Waals surface area contributed by atoms with Crippen molar-refractivity contribution in [3.63, 3.8) is 0 Å². The number of hydrogen-bond acceptors (Lipinski definition) is 3. The van der Waals surface area contributed by atoms with Crippen molar-refractivity contribution >= 4 is 46.5 Å². The van der Waals surface area contributed by atoms with E-state index < -0.39 is 6.04 Å². The first kappa shape index (κ1) is 23.4. The lowest BCUT2D eigenvalue weighted by molar-refractivity contribution is -0.118. The zero-order valence-electron chi connectivity index (χ0n) is 17.7. The monoisotopic (exact) mass is 462 g/mol. The van der Waals surface area contributed by atoms with Crippen molar-refractivity contribution in [2.75, 3.05) is 23.7 Å². The Balaban J connectivity index is 1.53. The summed E-state index contributed by atoms with van der Waals surface area (Å²) in [6, 6.07) is 12.2. The van der Waals surface area contributed by atoms with Crippen molar-refractivity contribution in [1.29, 1.82) is 0 Å². The quantitative estimate of drug-likeness (QED) is 0.561. The van der Waals surface area contributed by atoms with Gasteiger partial charge in [-0.05, 0) is 54.5 Å². The molecule has 0 saturated carbocycles. The second kappa shape index (κ2) is 10.4. The van der Waals surface area contributed by atoms with Crippen LogP contribution in [0, 0.1) is 5.92 Å². The van der Waals surface area contributed by atoms with Gasteiger partial charge in [-0.25, -0.2) is 4.79 Å². The van der Waals surface area contributed by atoms with Crippen LogP contribution in [0.3, 0.4) is 0 Å². The number of hydrogen-bond donors (Lipinski definition) is 3. The molecule has 0 aromatic heterocycles. The second-order valence-corrected chi connectivity index (χ2v) is 8.98. The number of anilines is 2. The van der Waals surface area contributed by atoms with Crippen molar-refractivity contribution in [2.45, 2.75) is 38.6 Å². The molecule has 0 spiro atoms. The average molecular weight is 463 g/mol. The molecule has 1 aliphatic heterocycles. The van der Waals surface area contributed by atoms with E-state index in [-0.39, 0.29) is 17.9 Å². The highest BCUT2D eigenvalue weighted by atomic mass is 35.5. The molecule has 166 valence electrons. The highest BCUT2D eigenvalue weighted by Gasteiger charge is 2.25. The van der Waals surface area contributed by atoms with Gasteiger partial charge in [-0.1, -0.05) is 55.2 Å². The predicted molar refractivity (Wildman–Crippen MR) is 127 cm³/mol. The van der Waals surface area contributed by atoms with Crippen molar-refractivity contribution in [3.05, 3.63) is 58.1 Å². The standard InChI is InChI=1S/C23H28Cl2N4O2/c1-14(2)20(26)22(30)27-17-8-6-15(7-9-17)16-10-12-29(13-11-16)23(31)28-21-18(24)4-3-5-19(21)25/h3-9,14,16,20H,10-13,26H2,1-2H3,(H,27,30)(H,28,31). The molecule has 1 unspecified atom stereocenters. The van der Waals surface area contributed by atoms with E-state index in [1.54, 1.807) is 23.1 Å². The third-order valence-electron chi connectivity index (χ3n) is 5.65. The molecule has 1 heterocycles. The fraction of sp³-hybridized carbons (Fsp3) is 0.391. The average Bonchev–Trinajstić information content (AvgIpc) is 2.76. The number of nitrogens with one attached hydrogen (secondary N) is 2. The van der Waals surface area contributed by atoms with E-state index in [1.807, 2.05) is 38.1 Å². The molecule has 0 aliphatic carbocycles. The Morgan fingerprint density at radius 1 is 1.00 bits per heavy atom. The number of piperidine rings is 1. The van der Waals surface area contributed by atoms with Gasteiger partial charge in [0, 0.05) is 18.8 Å². The number of para-hydroxylation sites is 1. The SMILES string of the molecule is CC(C)C(N)C(=O)Nc1ccc(C2CCN(C(=O)Nc3c(Cl)cccc3Cl)CC2)cc1. The van der Waals surface area contributed by atoms with E-state index in [1.165, 1.54) is 5.56 Å². The Kier molecular flexibility index (Phi) is 7.81. The van der Waals surface area contributed by atoms with Crippen LogP contribution in [0.5, 0.6) is 0 Å². The van der Waals surface area contributed by atoms with Gasteiger partial charge in [0.15, 0.2) is 0 Å². The van der Waals surface area contributed by atoms with Gasteiger partial charge in [0.25, 0.3) is 0 Å². The van der Waals surface area contributed by atoms with E-state index >= 15 is 0 Å². The summed E-state index contributed by atoms with van der Waals surface area (Å²) in [5.74, 6) is 0.256. The molecule has 2 aromatic rings. The minimum Gasteiger partial charge on any atom is -0.325 e. The lowest BCUT2D eigenvalue weighted by Gasteiger charge is -2.32. The predicted octanol–water partition coefficient (Wildman–Crippen LogP) is 5.33. The third kappa shape index (κ3) is 5.91. The summed E-state index contributed by atoms with van der Waals surface area (Å²) in [5, 5.41) is 6.51. The van der Waals surface area contributed by atoms with Crippen LogP contribution >= 0.6 is 23.2 Å². The summed E-state index contributed by atoms with van der Waals surface area (Å²) in [6.07, 6.45) is 1.71. The fourth-order valence-electron chi connectivity index (χ4n) is 3.59. The molecule has 1 atom stereocenters. The zero-order valence-corrected chi connectivity index (χ0v) is 19.2. The Hall–Kier alpha value is -2.28. The van der Waals surface area contributed by atoms with E-state index in [9.17, 15) is 9.59 Å². The van der Waals surface area contributed by atoms with Crippen LogP contribution in [0.2, 0.25) is 10.0 Å². The molecule has 0 radical (unpaired) electrons. The number of carbonyl (C=O) groups excluding carboxylic acids is 2. The molecule has 1 aliphatic rings. The molecule has 31 heavy (non-hydrogen) atoms. The van der Waals surface area contributed by atoms with Gasteiger partial charge in [-0.15, -0.1) is 0 Å². The minimum atomic E-state index is -0.532. The fourth-order valence-corrected chi connectivity index (χ4v) is 4.08. The number of urea groups is 1. The van der Waals surface area contributed by atoms with Gasteiger partial charge in [-0.3, -0.25) is 4.79 Å². The smallest absolute Gasteiger partial charge is 0.321 e. The molecular formula is C23H28Cl2N4O2. The molecule has 3 amide bonds. The van der Waals surface area contributed by atoms with Gasteiger partial charge in [-0.2, -0.15) is 0 Å². The Morgan fingerprint density at radius 3 is 2.13 bits per heavy atom. The molecule has 6 nitrogen and oxygen atoms in total. The van der Waals surface area contributed by atoms with Crippen LogP contribution < -0.4 is 16.4 Å². The maximum atomic E-state index is 12.6. The maximum Gasteiger partial charge on any atom is 0.321 e. The summed E-state index contributed by atoms with van der Waals surface area (Å²) in [7, 11) is 0. The van der Waals surface area contributed by atoms with Crippen LogP contribution in [0.4, 0.5) is 16.2 Å². The van der Waals surface area contributed by atoms with Crippen molar-refractivity contribution in [2.24, 2.45) is 11.7 Å².